The van der Waals surface area contributed by atoms with Gasteiger partial charge in [0.25, 0.3) is 0 Å². The summed E-state index contributed by atoms with van der Waals surface area (Å²) in [4.78, 5) is 0.372. The molecule has 0 saturated carbocycles. The number of alkyl halides is 1. The highest BCUT2D eigenvalue weighted by Crippen LogP contribution is 2.30. The maximum Gasteiger partial charge on any atom is 0.243 e. The molecule has 1 atom stereocenters. The summed E-state index contributed by atoms with van der Waals surface area (Å²) in [5.74, 6) is 0.719. The van der Waals surface area contributed by atoms with Gasteiger partial charge in [-0.1, -0.05) is 22.9 Å². The first-order valence-electron chi connectivity index (χ1n) is 6.71. The van der Waals surface area contributed by atoms with Crippen LogP contribution in [0.3, 0.4) is 0 Å². The summed E-state index contributed by atoms with van der Waals surface area (Å²) in [6.45, 7) is 5.13. The Bertz CT molecular complexity index is 603. The molecule has 112 valence electrons. The van der Waals surface area contributed by atoms with E-state index in [1.165, 1.54) is 0 Å². The average molecular weight is 381 g/mol. The molecule has 1 aromatic carbocycles. The van der Waals surface area contributed by atoms with Crippen LogP contribution in [0.15, 0.2) is 21.5 Å². The van der Waals surface area contributed by atoms with Crippen LogP contribution >= 0.6 is 27.5 Å². The van der Waals surface area contributed by atoms with E-state index >= 15 is 0 Å². The highest BCUT2D eigenvalue weighted by Gasteiger charge is 2.30. The Kier molecular flexibility index (Phi) is 5.16. The lowest BCUT2D eigenvalue weighted by Gasteiger charge is -2.30. The molecule has 1 aliphatic heterocycles. The molecule has 1 heterocycles. The van der Waals surface area contributed by atoms with Crippen LogP contribution in [-0.4, -0.2) is 25.8 Å². The maximum atomic E-state index is 12.8. The largest absolute Gasteiger partial charge is 0.243 e. The molecule has 0 bridgehead atoms. The van der Waals surface area contributed by atoms with E-state index in [1.807, 2.05) is 13.0 Å². The van der Waals surface area contributed by atoms with Crippen molar-refractivity contribution in [3.05, 3.63) is 27.7 Å². The zero-order valence-corrected chi connectivity index (χ0v) is 14.9. The van der Waals surface area contributed by atoms with Gasteiger partial charge in [0.1, 0.15) is 0 Å². The van der Waals surface area contributed by atoms with E-state index in [-0.39, 0.29) is 0 Å². The van der Waals surface area contributed by atoms with E-state index in [9.17, 15) is 8.42 Å². The minimum absolute atomic E-state index is 0.303. The van der Waals surface area contributed by atoms with E-state index in [1.54, 1.807) is 10.4 Å². The number of benzene rings is 1. The second-order valence-electron chi connectivity index (χ2n) is 5.44. The van der Waals surface area contributed by atoms with Gasteiger partial charge in [-0.25, -0.2) is 8.42 Å². The number of hydrogen-bond donors (Lipinski definition) is 0. The minimum atomic E-state index is -3.44. The molecular formula is C14H19BrClNO2S. The second-order valence-corrected chi connectivity index (χ2v) is 8.47. The van der Waals surface area contributed by atoms with Crippen LogP contribution in [0.4, 0.5) is 0 Å². The quantitative estimate of drug-likeness (QED) is 0.745. The van der Waals surface area contributed by atoms with Gasteiger partial charge >= 0.3 is 0 Å². The number of halogens is 2. The number of hydrogen-bond acceptors (Lipinski definition) is 2. The molecule has 2 rings (SSSR count). The molecule has 1 unspecified atom stereocenters. The molecule has 0 N–H and O–H groups in total. The molecule has 1 aromatic rings. The summed E-state index contributed by atoms with van der Waals surface area (Å²) in [7, 11) is -3.44. The Labute approximate surface area is 134 Å². The van der Waals surface area contributed by atoms with Gasteiger partial charge in [0.2, 0.25) is 10.0 Å². The highest BCUT2D eigenvalue weighted by atomic mass is 79.9. The summed E-state index contributed by atoms with van der Waals surface area (Å²) >= 11 is 9.28. The smallest absolute Gasteiger partial charge is 0.207 e. The van der Waals surface area contributed by atoms with Crippen LogP contribution in [-0.2, 0) is 15.9 Å². The molecule has 1 saturated heterocycles. The highest BCUT2D eigenvalue weighted by molar-refractivity contribution is 9.10. The Balaban J connectivity index is 2.46. The molecule has 0 amide bonds. The molecule has 1 aliphatic rings. The fraction of sp³-hybridized carbons (Fsp3) is 0.571. The summed E-state index contributed by atoms with van der Waals surface area (Å²) in [6, 6.07) is 3.57. The van der Waals surface area contributed by atoms with Crippen molar-refractivity contribution in [2.45, 2.75) is 37.5 Å². The van der Waals surface area contributed by atoms with Crippen molar-refractivity contribution < 1.29 is 8.42 Å². The Morgan fingerprint density at radius 3 is 2.75 bits per heavy atom. The average Bonchev–Trinajstić information content (AvgIpc) is 2.41. The van der Waals surface area contributed by atoms with Crippen molar-refractivity contribution >= 4 is 37.6 Å². The van der Waals surface area contributed by atoms with E-state index in [2.05, 4.69) is 22.9 Å². The molecule has 0 aromatic heterocycles. The lowest BCUT2D eigenvalue weighted by Crippen LogP contribution is -2.39. The molecule has 0 radical (unpaired) electrons. The van der Waals surface area contributed by atoms with Gasteiger partial charge in [0.05, 0.1) is 4.90 Å². The van der Waals surface area contributed by atoms with Gasteiger partial charge in [-0.05, 0) is 48.9 Å². The first-order valence-corrected chi connectivity index (χ1v) is 9.48. The van der Waals surface area contributed by atoms with Gasteiger partial charge in [-0.15, -0.1) is 11.6 Å². The van der Waals surface area contributed by atoms with Crippen molar-refractivity contribution in [1.82, 2.24) is 4.31 Å². The molecule has 0 spiro atoms. The minimum Gasteiger partial charge on any atom is -0.207 e. The van der Waals surface area contributed by atoms with Crippen LogP contribution in [0.1, 0.15) is 30.9 Å². The second kappa shape index (κ2) is 6.34. The fourth-order valence-corrected chi connectivity index (χ4v) is 5.24. The number of piperidine rings is 1. The van der Waals surface area contributed by atoms with Crippen LogP contribution in [0.2, 0.25) is 0 Å². The van der Waals surface area contributed by atoms with Crippen LogP contribution in [0.5, 0.6) is 0 Å². The van der Waals surface area contributed by atoms with Gasteiger partial charge in [0.15, 0.2) is 0 Å². The van der Waals surface area contributed by atoms with E-state index in [4.69, 9.17) is 11.6 Å². The summed E-state index contributed by atoms with van der Waals surface area (Å²) in [5.41, 5.74) is 1.56. The Morgan fingerprint density at radius 1 is 1.45 bits per heavy atom. The topological polar surface area (TPSA) is 37.4 Å². The SMILES string of the molecule is Cc1c(Br)cc(CCl)cc1S(=O)(=O)N1CCCC(C)C1. The van der Waals surface area contributed by atoms with Gasteiger partial charge in [-0.2, -0.15) is 4.31 Å². The fourth-order valence-electron chi connectivity index (χ4n) is 2.56. The number of nitrogens with zero attached hydrogens (tertiary/aromatic N) is 1. The monoisotopic (exact) mass is 379 g/mol. The zero-order chi connectivity index (χ0) is 14.9. The first kappa shape index (κ1) is 16.3. The van der Waals surface area contributed by atoms with E-state index in [0.29, 0.717) is 29.8 Å². The van der Waals surface area contributed by atoms with Gasteiger partial charge in [-0.3, -0.25) is 0 Å². The third-order valence-corrected chi connectivity index (χ3v) is 6.87. The molecule has 1 fully saturated rings. The summed E-state index contributed by atoms with van der Waals surface area (Å²) in [6.07, 6.45) is 2.02. The van der Waals surface area contributed by atoms with Crippen molar-refractivity contribution in [2.75, 3.05) is 13.1 Å². The van der Waals surface area contributed by atoms with Crippen molar-refractivity contribution in [1.29, 1.82) is 0 Å². The Morgan fingerprint density at radius 2 is 2.15 bits per heavy atom. The standard InChI is InChI=1S/C14H19BrClNO2S/c1-10-4-3-5-17(9-10)20(18,19)14-7-12(8-16)6-13(15)11(14)2/h6-7,10H,3-5,8-9H2,1-2H3. The van der Waals surface area contributed by atoms with Gasteiger partial charge in [0, 0.05) is 23.4 Å². The first-order chi connectivity index (χ1) is 9.36. The summed E-state index contributed by atoms with van der Waals surface area (Å²) < 4.78 is 28.1. The Hall–Kier alpha value is -0.100. The van der Waals surface area contributed by atoms with Crippen molar-refractivity contribution in [3.8, 4) is 0 Å². The molecule has 20 heavy (non-hydrogen) atoms. The third kappa shape index (κ3) is 3.21. The maximum absolute atomic E-state index is 12.8. The number of rotatable bonds is 3. The summed E-state index contributed by atoms with van der Waals surface area (Å²) in [5, 5.41) is 0. The van der Waals surface area contributed by atoms with Crippen LogP contribution in [0, 0.1) is 12.8 Å². The predicted octanol–water partition coefficient (Wildman–Crippen LogP) is 3.92. The number of sulfonamides is 1. The van der Waals surface area contributed by atoms with E-state index in [0.717, 1.165) is 28.4 Å². The van der Waals surface area contributed by atoms with Crippen molar-refractivity contribution in [3.63, 3.8) is 0 Å². The molecule has 3 nitrogen and oxygen atoms in total. The lowest BCUT2D eigenvalue weighted by atomic mass is 10.0. The van der Waals surface area contributed by atoms with E-state index < -0.39 is 10.0 Å². The van der Waals surface area contributed by atoms with Crippen LogP contribution in [0.25, 0.3) is 0 Å². The normalized spacial score (nSPS) is 21.1. The molecule has 6 heteroatoms. The molecule has 0 aliphatic carbocycles. The van der Waals surface area contributed by atoms with Crippen molar-refractivity contribution in [2.24, 2.45) is 5.92 Å². The molecular weight excluding hydrogens is 362 g/mol. The van der Waals surface area contributed by atoms with Gasteiger partial charge < -0.3 is 0 Å². The third-order valence-electron chi connectivity index (χ3n) is 3.75. The van der Waals surface area contributed by atoms with Crippen LogP contribution < -0.4 is 0 Å². The predicted molar refractivity (Wildman–Crippen MR) is 85.6 cm³/mol. The zero-order valence-electron chi connectivity index (χ0n) is 11.7. The lowest BCUT2D eigenvalue weighted by molar-refractivity contribution is 0.281.